The van der Waals surface area contributed by atoms with Gasteiger partial charge in [-0.1, -0.05) is 6.07 Å². The molecule has 0 aliphatic carbocycles. The molecule has 1 aromatic heterocycles. The lowest BCUT2D eigenvalue weighted by molar-refractivity contribution is -0.134. The smallest absolute Gasteiger partial charge is 0.340 e. The Hall–Kier alpha value is -3.29. The van der Waals surface area contributed by atoms with Crippen LogP contribution in [0.1, 0.15) is 22.8 Å². The van der Waals surface area contributed by atoms with Crippen molar-refractivity contribution < 1.29 is 28.5 Å². The van der Waals surface area contributed by atoms with Gasteiger partial charge in [0.1, 0.15) is 0 Å². The molecule has 3 rings (SSSR count). The van der Waals surface area contributed by atoms with Crippen LogP contribution in [-0.4, -0.2) is 48.8 Å². The van der Waals surface area contributed by atoms with Gasteiger partial charge in [0.25, 0.3) is 5.91 Å². The zero-order chi connectivity index (χ0) is 19.2. The van der Waals surface area contributed by atoms with Crippen LogP contribution in [0, 0.1) is 0 Å². The summed E-state index contributed by atoms with van der Waals surface area (Å²) >= 11 is 0. The van der Waals surface area contributed by atoms with Gasteiger partial charge in [0.15, 0.2) is 18.1 Å². The van der Waals surface area contributed by atoms with Crippen molar-refractivity contribution in [3.63, 3.8) is 0 Å². The van der Waals surface area contributed by atoms with E-state index in [1.165, 1.54) is 19.4 Å². The highest BCUT2D eigenvalue weighted by atomic mass is 16.7. The Morgan fingerprint density at radius 3 is 2.70 bits per heavy atom. The van der Waals surface area contributed by atoms with Crippen LogP contribution in [0.2, 0.25) is 0 Å². The molecule has 2 heterocycles. The molecule has 142 valence electrons. The summed E-state index contributed by atoms with van der Waals surface area (Å²) in [6.07, 6.45) is 1.34. The van der Waals surface area contributed by atoms with Crippen LogP contribution in [0.5, 0.6) is 17.4 Å². The lowest BCUT2D eigenvalue weighted by atomic mass is 10.2. The number of nitrogens with zero attached hydrogens (tertiary/aromatic N) is 2. The van der Waals surface area contributed by atoms with Crippen molar-refractivity contribution in [2.75, 3.05) is 27.1 Å². The molecule has 0 saturated carbocycles. The maximum atomic E-state index is 12.4. The Morgan fingerprint density at radius 1 is 1.19 bits per heavy atom. The Morgan fingerprint density at radius 2 is 2.00 bits per heavy atom. The first-order valence-corrected chi connectivity index (χ1v) is 8.44. The van der Waals surface area contributed by atoms with Gasteiger partial charge in [-0.2, -0.15) is 0 Å². The Bertz CT molecular complexity index is 821. The van der Waals surface area contributed by atoms with E-state index in [-0.39, 0.29) is 24.9 Å². The number of benzene rings is 1. The minimum Gasteiger partial charge on any atom is -0.481 e. The van der Waals surface area contributed by atoms with E-state index in [4.69, 9.17) is 18.9 Å². The molecule has 0 radical (unpaired) electrons. The number of carbonyl (C=O) groups is 2. The van der Waals surface area contributed by atoms with Crippen LogP contribution in [0.4, 0.5) is 0 Å². The summed E-state index contributed by atoms with van der Waals surface area (Å²) in [6.45, 7) is 2.58. The first-order valence-electron chi connectivity index (χ1n) is 8.44. The predicted molar refractivity (Wildman–Crippen MR) is 94.7 cm³/mol. The fraction of sp³-hybridized carbons (Fsp3) is 0.316. The van der Waals surface area contributed by atoms with E-state index in [0.29, 0.717) is 30.5 Å². The number of amides is 1. The van der Waals surface area contributed by atoms with E-state index < -0.39 is 5.97 Å². The lowest BCUT2D eigenvalue weighted by Gasteiger charge is -2.21. The SMILES string of the molecule is CCN(Cc1ccc2c(c1)OCO2)C(=O)COC(=O)c1ccc(OC)nc1. The molecule has 0 bridgehead atoms. The van der Waals surface area contributed by atoms with Gasteiger partial charge in [-0.3, -0.25) is 4.79 Å². The van der Waals surface area contributed by atoms with E-state index >= 15 is 0 Å². The topological polar surface area (TPSA) is 87.2 Å². The summed E-state index contributed by atoms with van der Waals surface area (Å²) < 4.78 is 20.7. The summed E-state index contributed by atoms with van der Waals surface area (Å²) in [4.78, 5) is 30.0. The van der Waals surface area contributed by atoms with Crippen LogP contribution in [-0.2, 0) is 16.1 Å². The van der Waals surface area contributed by atoms with Gasteiger partial charge in [-0.15, -0.1) is 0 Å². The number of hydrogen-bond acceptors (Lipinski definition) is 7. The molecule has 27 heavy (non-hydrogen) atoms. The molecule has 8 nitrogen and oxygen atoms in total. The maximum Gasteiger partial charge on any atom is 0.340 e. The first kappa shape index (κ1) is 18.5. The molecule has 0 atom stereocenters. The van der Waals surface area contributed by atoms with Gasteiger partial charge in [0.05, 0.1) is 12.7 Å². The Kier molecular flexibility index (Phi) is 5.75. The van der Waals surface area contributed by atoms with E-state index in [2.05, 4.69) is 4.98 Å². The largest absolute Gasteiger partial charge is 0.481 e. The molecule has 0 saturated heterocycles. The second kappa shape index (κ2) is 8.39. The number of rotatable bonds is 7. The highest BCUT2D eigenvalue weighted by Crippen LogP contribution is 2.32. The van der Waals surface area contributed by atoms with Crippen molar-refractivity contribution in [3.8, 4) is 17.4 Å². The summed E-state index contributed by atoms with van der Waals surface area (Å²) in [7, 11) is 1.48. The van der Waals surface area contributed by atoms with Crippen molar-refractivity contribution in [2.24, 2.45) is 0 Å². The molecule has 0 spiro atoms. The number of methoxy groups -OCH3 is 1. The average molecular weight is 372 g/mol. The second-order valence-corrected chi connectivity index (χ2v) is 5.76. The van der Waals surface area contributed by atoms with Gasteiger partial charge in [-0.05, 0) is 30.7 Å². The quantitative estimate of drug-likeness (QED) is 0.687. The van der Waals surface area contributed by atoms with E-state index in [9.17, 15) is 9.59 Å². The third kappa shape index (κ3) is 4.46. The molecule has 1 amide bonds. The van der Waals surface area contributed by atoms with Crippen molar-refractivity contribution in [2.45, 2.75) is 13.5 Å². The zero-order valence-corrected chi connectivity index (χ0v) is 15.1. The number of fused-ring (bicyclic) bond motifs is 1. The molecule has 1 aromatic carbocycles. The van der Waals surface area contributed by atoms with Crippen molar-refractivity contribution in [1.29, 1.82) is 0 Å². The molecule has 0 fully saturated rings. The van der Waals surface area contributed by atoms with E-state index in [1.54, 1.807) is 11.0 Å². The standard InChI is InChI=1S/C19H20N2O6/c1-3-21(10-13-4-6-15-16(8-13)27-12-26-15)18(22)11-25-19(23)14-5-7-17(24-2)20-9-14/h4-9H,3,10-12H2,1-2H3. The number of aromatic nitrogens is 1. The molecule has 0 unspecified atom stereocenters. The number of esters is 1. The van der Waals surface area contributed by atoms with E-state index in [1.807, 2.05) is 25.1 Å². The molecule has 1 aliphatic rings. The van der Waals surface area contributed by atoms with Gasteiger partial charge < -0.3 is 23.8 Å². The third-order valence-corrected chi connectivity index (χ3v) is 4.05. The molecular formula is C19H20N2O6. The molecule has 2 aromatic rings. The summed E-state index contributed by atoms with van der Waals surface area (Å²) in [5, 5.41) is 0. The van der Waals surface area contributed by atoms with Crippen molar-refractivity contribution >= 4 is 11.9 Å². The molecular weight excluding hydrogens is 352 g/mol. The first-order chi connectivity index (χ1) is 13.1. The van der Waals surface area contributed by atoms with Gasteiger partial charge in [0, 0.05) is 25.4 Å². The summed E-state index contributed by atoms with van der Waals surface area (Å²) in [5.41, 5.74) is 1.16. The monoisotopic (exact) mass is 372 g/mol. The van der Waals surface area contributed by atoms with Crippen LogP contribution in [0.15, 0.2) is 36.5 Å². The number of carbonyl (C=O) groups excluding carboxylic acids is 2. The Labute approximate surface area is 156 Å². The van der Waals surface area contributed by atoms with Crippen molar-refractivity contribution in [1.82, 2.24) is 9.88 Å². The minimum atomic E-state index is -0.613. The number of likely N-dealkylation sites (N-methyl/N-ethyl adjacent to an activating group) is 1. The normalized spacial score (nSPS) is 11.8. The minimum absolute atomic E-state index is 0.200. The third-order valence-electron chi connectivity index (χ3n) is 4.05. The van der Waals surface area contributed by atoms with Crippen LogP contribution in [0.25, 0.3) is 0 Å². The summed E-state index contributed by atoms with van der Waals surface area (Å²) in [5.74, 6) is 0.843. The van der Waals surface area contributed by atoms with Gasteiger partial charge in [0.2, 0.25) is 12.7 Å². The fourth-order valence-electron chi connectivity index (χ4n) is 2.56. The Balaban J connectivity index is 1.55. The van der Waals surface area contributed by atoms with Gasteiger partial charge in [-0.25, -0.2) is 9.78 Å². The lowest BCUT2D eigenvalue weighted by Crippen LogP contribution is -2.34. The molecule has 0 N–H and O–H groups in total. The highest BCUT2D eigenvalue weighted by molar-refractivity contribution is 5.91. The van der Waals surface area contributed by atoms with Crippen molar-refractivity contribution in [3.05, 3.63) is 47.7 Å². The van der Waals surface area contributed by atoms with Crippen LogP contribution < -0.4 is 14.2 Å². The summed E-state index contributed by atoms with van der Waals surface area (Å²) in [6, 6.07) is 8.61. The van der Waals surface area contributed by atoms with Crippen LogP contribution >= 0.6 is 0 Å². The number of ether oxygens (including phenoxy) is 4. The predicted octanol–water partition coefficient (Wildman–Crippen LogP) is 2.02. The maximum absolute atomic E-state index is 12.4. The fourth-order valence-corrected chi connectivity index (χ4v) is 2.56. The molecule has 8 heteroatoms. The van der Waals surface area contributed by atoms with E-state index in [0.717, 1.165) is 5.56 Å². The number of hydrogen-bond donors (Lipinski definition) is 0. The average Bonchev–Trinajstić information content (AvgIpc) is 3.17. The second-order valence-electron chi connectivity index (χ2n) is 5.76. The molecule has 1 aliphatic heterocycles. The van der Waals surface area contributed by atoms with Gasteiger partial charge >= 0.3 is 5.97 Å². The van der Waals surface area contributed by atoms with Crippen LogP contribution in [0.3, 0.4) is 0 Å². The zero-order valence-electron chi connectivity index (χ0n) is 15.1. The highest BCUT2D eigenvalue weighted by Gasteiger charge is 2.18. The number of pyridine rings is 1.